The van der Waals surface area contributed by atoms with Gasteiger partial charge in [0.1, 0.15) is 0 Å². The first kappa shape index (κ1) is 32.6. The predicted molar refractivity (Wildman–Crippen MR) is 134 cm³/mol. The van der Waals surface area contributed by atoms with Crippen LogP contribution in [-0.2, 0) is 4.79 Å². The lowest BCUT2D eigenvalue weighted by Gasteiger charge is -2.34. The molecular formula is C27H55ClN2O. The summed E-state index contributed by atoms with van der Waals surface area (Å²) in [4.78, 5) is 11.2. The lowest BCUT2D eigenvalue weighted by atomic mass is 9.99. The van der Waals surface area contributed by atoms with Crippen molar-refractivity contribution < 1.29 is 21.7 Å². The molecular weight excluding hydrogens is 404 g/mol. The van der Waals surface area contributed by atoms with E-state index in [0.29, 0.717) is 6.04 Å². The Morgan fingerprint density at radius 3 is 1.52 bits per heavy atom. The van der Waals surface area contributed by atoms with Gasteiger partial charge in [-0.05, 0) is 25.3 Å². The molecule has 0 saturated carbocycles. The standard InChI is InChI=1S/C27H54N2O.ClH/c1-6-8-9-10-11-12-13-14-15-16-17-18-19-20-21-23-26(29(3,4)5)24-22-25-28-27(30)7-2;/h7,26H,2,6,8-25H2,1,3-5H3;1H. The third-order valence-electron chi connectivity index (χ3n) is 6.44. The zero-order valence-corrected chi connectivity index (χ0v) is 22.3. The molecule has 0 spiro atoms. The lowest BCUT2D eigenvalue weighted by Crippen LogP contribution is -3.00. The Kier molecular flexibility index (Phi) is 23.8. The Bertz CT molecular complexity index is 407. The molecule has 0 aliphatic carbocycles. The second-order valence-electron chi connectivity index (χ2n) is 10.1. The van der Waals surface area contributed by atoms with Crippen molar-refractivity contribution in [2.45, 2.75) is 129 Å². The van der Waals surface area contributed by atoms with Crippen molar-refractivity contribution in [1.82, 2.24) is 5.32 Å². The molecule has 0 aromatic carbocycles. The molecule has 0 saturated heterocycles. The number of carbonyl (C=O) groups is 1. The number of unbranched alkanes of at least 4 members (excludes halogenated alkanes) is 14. The Morgan fingerprint density at radius 1 is 0.742 bits per heavy atom. The summed E-state index contributed by atoms with van der Waals surface area (Å²) in [5.74, 6) is -0.0563. The molecule has 4 heteroatoms. The Morgan fingerprint density at radius 2 is 1.13 bits per heavy atom. The zero-order valence-electron chi connectivity index (χ0n) is 21.5. The molecule has 0 heterocycles. The summed E-state index contributed by atoms with van der Waals surface area (Å²) >= 11 is 0. The number of quaternary nitrogens is 1. The van der Waals surface area contributed by atoms with Crippen LogP contribution in [0.4, 0.5) is 0 Å². The van der Waals surface area contributed by atoms with Gasteiger partial charge in [0.05, 0.1) is 27.2 Å². The molecule has 3 nitrogen and oxygen atoms in total. The van der Waals surface area contributed by atoms with Gasteiger partial charge in [0.25, 0.3) is 0 Å². The fraction of sp³-hybridized carbons (Fsp3) is 0.889. The van der Waals surface area contributed by atoms with Crippen LogP contribution in [0, 0.1) is 0 Å². The van der Waals surface area contributed by atoms with Gasteiger partial charge < -0.3 is 22.2 Å². The van der Waals surface area contributed by atoms with Gasteiger partial charge in [-0.15, -0.1) is 0 Å². The first-order valence-corrected chi connectivity index (χ1v) is 13.1. The summed E-state index contributed by atoms with van der Waals surface area (Å²) in [6.45, 7) is 6.56. The number of hydrogen-bond donors (Lipinski definition) is 1. The van der Waals surface area contributed by atoms with Crippen molar-refractivity contribution >= 4 is 5.91 Å². The van der Waals surface area contributed by atoms with Crippen molar-refractivity contribution in [3.8, 4) is 0 Å². The highest BCUT2D eigenvalue weighted by molar-refractivity contribution is 5.86. The molecule has 1 amide bonds. The molecule has 1 N–H and O–H groups in total. The van der Waals surface area contributed by atoms with E-state index in [9.17, 15) is 4.79 Å². The van der Waals surface area contributed by atoms with Crippen LogP contribution in [0.3, 0.4) is 0 Å². The average molecular weight is 459 g/mol. The number of nitrogens with zero attached hydrogens (tertiary/aromatic N) is 1. The van der Waals surface area contributed by atoms with Gasteiger partial charge in [-0.2, -0.15) is 0 Å². The van der Waals surface area contributed by atoms with E-state index in [4.69, 9.17) is 0 Å². The van der Waals surface area contributed by atoms with E-state index in [2.05, 4.69) is 40.0 Å². The Balaban J connectivity index is 0. The predicted octanol–water partition coefficient (Wildman–Crippen LogP) is 4.41. The molecule has 186 valence electrons. The van der Waals surface area contributed by atoms with Crippen LogP contribution in [0.2, 0.25) is 0 Å². The molecule has 0 aromatic heterocycles. The van der Waals surface area contributed by atoms with Crippen LogP contribution >= 0.6 is 0 Å². The minimum Gasteiger partial charge on any atom is -1.00 e. The van der Waals surface area contributed by atoms with E-state index >= 15 is 0 Å². The lowest BCUT2D eigenvalue weighted by molar-refractivity contribution is -0.896. The van der Waals surface area contributed by atoms with E-state index in [1.807, 2.05) is 0 Å². The van der Waals surface area contributed by atoms with Crippen molar-refractivity contribution in [2.75, 3.05) is 27.7 Å². The van der Waals surface area contributed by atoms with E-state index < -0.39 is 0 Å². The fourth-order valence-electron chi connectivity index (χ4n) is 4.29. The molecule has 0 aromatic rings. The zero-order chi connectivity index (χ0) is 22.5. The number of halogens is 1. The first-order chi connectivity index (χ1) is 14.4. The second-order valence-corrected chi connectivity index (χ2v) is 10.1. The number of amides is 1. The summed E-state index contributed by atoms with van der Waals surface area (Å²) in [5, 5.41) is 2.90. The van der Waals surface area contributed by atoms with Crippen molar-refractivity contribution in [2.24, 2.45) is 0 Å². The van der Waals surface area contributed by atoms with Gasteiger partial charge in [0, 0.05) is 13.0 Å². The number of rotatable bonds is 22. The highest BCUT2D eigenvalue weighted by Crippen LogP contribution is 2.19. The summed E-state index contributed by atoms with van der Waals surface area (Å²) < 4.78 is 1.02. The second kappa shape index (κ2) is 22.6. The van der Waals surface area contributed by atoms with Gasteiger partial charge >= 0.3 is 0 Å². The molecule has 0 fully saturated rings. The number of carbonyl (C=O) groups excluding carboxylic acids is 1. The third-order valence-corrected chi connectivity index (χ3v) is 6.44. The highest BCUT2D eigenvalue weighted by atomic mass is 35.5. The van der Waals surface area contributed by atoms with Crippen molar-refractivity contribution in [1.29, 1.82) is 0 Å². The maximum absolute atomic E-state index is 11.2. The van der Waals surface area contributed by atoms with Crippen molar-refractivity contribution in [3.63, 3.8) is 0 Å². The van der Waals surface area contributed by atoms with Crippen LogP contribution < -0.4 is 17.7 Å². The SMILES string of the molecule is C=CC(=O)NCCCC(CCCCCCCCCCCCCCCCC)[N+](C)(C)C.[Cl-]. The molecule has 0 rings (SSSR count). The van der Waals surface area contributed by atoms with Crippen LogP contribution in [0.15, 0.2) is 12.7 Å². The molecule has 0 radical (unpaired) electrons. The normalized spacial score (nSPS) is 12.3. The van der Waals surface area contributed by atoms with E-state index in [1.54, 1.807) is 0 Å². The molecule has 1 atom stereocenters. The summed E-state index contributed by atoms with van der Waals surface area (Å²) in [7, 11) is 6.91. The fourth-order valence-corrected chi connectivity index (χ4v) is 4.29. The molecule has 0 aliphatic rings. The van der Waals surface area contributed by atoms with Gasteiger partial charge in [-0.3, -0.25) is 4.79 Å². The quantitative estimate of drug-likeness (QED) is 0.145. The summed E-state index contributed by atoms with van der Waals surface area (Å²) in [6.07, 6.45) is 26.2. The first-order valence-electron chi connectivity index (χ1n) is 13.1. The van der Waals surface area contributed by atoms with Crippen LogP contribution in [-0.4, -0.2) is 44.1 Å². The maximum atomic E-state index is 11.2. The maximum Gasteiger partial charge on any atom is 0.243 e. The Hall–Kier alpha value is -0.540. The summed E-state index contributed by atoms with van der Waals surface area (Å²) in [6, 6.07) is 0.688. The van der Waals surface area contributed by atoms with Gasteiger partial charge in [0.2, 0.25) is 5.91 Å². The Labute approximate surface area is 201 Å². The average Bonchev–Trinajstić information content (AvgIpc) is 2.71. The molecule has 0 bridgehead atoms. The number of nitrogens with one attached hydrogen (secondary N) is 1. The van der Waals surface area contributed by atoms with E-state index in [1.165, 1.54) is 115 Å². The third kappa shape index (κ3) is 22.4. The minimum atomic E-state index is -0.0563. The monoisotopic (exact) mass is 458 g/mol. The molecule has 0 aliphatic heterocycles. The largest absolute Gasteiger partial charge is 1.00 e. The molecule has 31 heavy (non-hydrogen) atoms. The smallest absolute Gasteiger partial charge is 0.243 e. The van der Waals surface area contributed by atoms with Crippen LogP contribution in [0.25, 0.3) is 0 Å². The van der Waals surface area contributed by atoms with Crippen LogP contribution in [0.1, 0.15) is 122 Å². The van der Waals surface area contributed by atoms with Gasteiger partial charge in [-0.1, -0.05) is 103 Å². The van der Waals surface area contributed by atoms with E-state index in [0.717, 1.165) is 17.4 Å². The topological polar surface area (TPSA) is 29.1 Å². The van der Waals surface area contributed by atoms with Gasteiger partial charge in [-0.25, -0.2) is 0 Å². The van der Waals surface area contributed by atoms with Gasteiger partial charge in [0.15, 0.2) is 0 Å². The number of hydrogen-bond acceptors (Lipinski definition) is 1. The summed E-state index contributed by atoms with van der Waals surface area (Å²) in [5.41, 5.74) is 0. The minimum absolute atomic E-state index is 0. The van der Waals surface area contributed by atoms with E-state index in [-0.39, 0.29) is 18.3 Å². The highest BCUT2D eigenvalue weighted by Gasteiger charge is 2.22. The van der Waals surface area contributed by atoms with Crippen LogP contribution in [0.5, 0.6) is 0 Å². The molecule has 1 unspecified atom stereocenters. The van der Waals surface area contributed by atoms with Crippen molar-refractivity contribution in [3.05, 3.63) is 12.7 Å².